The fraction of sp³-hybridized carbons (Fsp3) is 0.826. The molecule has 178 valence electrons. The van der Waals surface area contributed by atoms with Gasteiger partial charge in [0.15, 0.2) is 0 Å². The molecule has 3 heterocycles. The molecule has 0 radical (unpaired) electrons. The topological polar surface area (TPSA) is 65.8 Å². The Bertz CT molecular complexity index is 863. The number of piperidine rings is 1. The highest BCUT2D eigenvalue weighted by Gasteiger charge is 2.54. The second-order valence-electron chi connectivity index (χ2n) is 11.3. The molecule has 4 rings (SSSR count). The third-order valence-corrected chi connectivity index (χ3v) is 7.19. The Hall–Kier alpha value is -1.61. The summed E-state index contributed by atoms with van der Waals surface area (Å²) in [6, 6.07) is -0.406. The van der Waals surface area contributed by atoms with Crippen LogP contribution < -0.4 is 5.59 Å². The monoisotopic (exact) mass is 449 g/mol. The van der Waals surface area contributed by atoms with Crippen LogP contribution in [-0.4, -0.2) is 64.0 Å². The van der Waals surface area contributed by atoms with Crippen molar-refractivity contribution >= 4 is 18.8 Å². The van der Waals surface area contributed by atoms with E-state index in [1.807, 2.05) is 53.1 Å². The summed E-state index contributed by atoms with van der Waals surface area (Å²) in [6.07, 6.45) is 2.75. The van der Waals surface area contributed by atoms with Crippen LogP contribution in [0.4, 0.5) is 9.18 Å². The maximum absolute atomic E-state index is 15.4. The predicted octanol–water partition coefficient (Wildman–Crippen LogP) is 3.58. The number of ether oxygens (including phenoxy) is 1. The maximum atomic E-state index is 15.4. The van der Waals surface area contributed by atoms with Crippen LogP contribution in [0.25, 0.3) is 0 Å². The normalized spacial score (nSPS) is 27.4. The average Bonchev–Trinajstić information content (AvgIpc) is 3.14. The van der Waals surface area contributed by atoms with Crippen LogP contribution in [0.3, 0.4) is 0 Å². The number of carbonyl (C=O) groups excluding carboxylic acids is 1. The summed E-state index contributed by atoms with van der Waals surface area (Å²) in [5.41, 5.74) is 1.53. The lowest BCUT2D eigenvalue weighted by atomic mass is 9.78. The SMILES string of the molecule is CC(C)(C)OC(=O)N1CC[C@@H](n2nc(B3OC(C)(C)C(C)(C)O3)c3c2CCCC3)[C@@H](F)C1. The third-order valence-electron chi connectivity index (χ3n) is 7.19. The van der Waals surface area contributed by atoms with Gasteiger partial charge in [0.2, 0.25) is 0 Å². The van der Waals surface area contributed by atoms with E-state index >= 15 is 4.39 Å². The van der Waals surface area contributed by atoms with Crippen molar-refractivity contribution in [1.29, 1.82) is 0 Å². The molecule has 7 nitrogen and oxygen atoms in total. The molecule has 2 fully saturated rings. The molecule has 1 aromatic heterocycles. The van der Waals surface area contributed by atoms with E-state index in [0.717, 1.165) is 42.5 Å². The maximum Gasteiger partial charge on any atom is 0.516 e. The van der Waals surface area contributed by atoms with E-state index in [0.29, 0.717) is 13.0 Å². The Morgan fingerprint density at radius 2 is 1.78 bits per heavy atom. The van der Waals surface area contributed by atoms with Crippen LogP contribution in [-0.2, 0) is 26.9 Å². The summed E-state index contributed by atoms with van der Waals surface area (Å²) in [6.45, 7) is 14.0. The molecule has 0 aromatic carbocycles. The second kappa shape index (κ2) is 8.01. The second-order valence-corrected chi connectivity index (χ2v) is 11.3. The molecule has 3 aliphatic rings. The first-order valence-corrected chi connectivity index (χ1v) is 11.9. The zero-order valence-electron chi connectivity index (χ0n) is 20.5. The molecule has 2 atom stereocenters. The molecule has 0 N–H and O–H groups in total. The van der Waals surface area contributed by atoms with Gasteiger partial charge in [-0.15, -0.1) is 0 Å². The molecule has 9 heteroatoms. The van der Waals surface area contributed by atoms with Gasteiger partial charge < -0.3 is 18.9 Å². The van der Waals surface area contributed by atoms with Gasteiger partial charge in [-0.2, -0.15) is 5.10 Å². The van der Waals surface area contributed by atoms with Crippen molar-refractivity contribution in [2.24, 2.45) is 0 Å². The van der Waals surface area contributed by atoms with Crippen molar-refractivity contribution < 1.29 is 23.2 Å². The van der Waals surface area contributed by atoms with Gasteiger partial charge in [-0.3, -0.25) is 4.68 Å². The van der Waals surface area contributed by atoms with Crippen LogP contribution in [0.5, 0.6) is 0 Å². The zero-order valence-corrected chi connectivity index (χ0v) is 20.5. The fourth-order valence-electron chi connectivity index (χ4n) is 4.73. The van der Waals surface area contributed by atoms with E-state index in [9.17, 15) is 4.79 Å². The summed E-state index contributed by atoms with van der Waals surface area (Å²) in [5, 5.41) is 4.90. The van der Waals surface area contributed by atoms with Crippen molar-refractivity contribution in [1.82, 2.24) is 14.7 Å². The van der Waals surface area contributed by atoms with E-state index < -0.39 is 42.2 Å². The molecular formula is C23H37BFN3O4. The van der Waals surface area contributed by atoms with Gasteiger partial charge in [-0.05, 0) is 86.1 Å². The van der Waals surface area contributed by atoms with Gasteiger partial charge in [-0.25, -0.2) is 9.18 Å². The molecule has 0 saturated carbocycles. The van der Waals surface area contributed by atoms with E-state index in [-0.39, 0.29) is 6.54 Å². The largest absolute Gasteiger partial charge is 0.516 e. The van der Waals surface area contributed by atoms with E-state index in [1.54, 1.807) is 0 Å². The van der Waals surface area contributed by atoms with Crippen LogP contribution in [0, 0.1) is 0 Å². The van der Waals surface area contributed by atoms with E-state index in [2.05, 4.69) is 0 Å². The summed E-state index contributed by atoms with van der Waals surface area (Å²) in [5.74, 6) is 0. The Kier molecular flexibility index (Phi) is 5.89. The molecule has 1 aliphatic carbocycles. The Morgan fingerprint density at radius 1 is 1.16 bits per heavy atom. The van der Waals surface area contributed by atoms with Gasteiger partial charge in [0.1, 0.15) is 11.8 Å². The highest BCUT2D eigenvalue weighted by atomic mass is 19.1. The molecular weight excluding hydrogens is 412 g/mol. The first-order valence-electron chi connectivity index (χ1n) is 11.9. The summed E-state index contributed by atoms with van der Waals surface area (Å²) < 4.78 is 35.3. The molecule has 2 aliphatic heterocycles. The van der Waals surface area contributed by atoms with Gasteiger partial charge >= 0.3 is 13.2 Å². The lowest BCUT2D eigenvalue weighted by Gasteiger charge is -2.36. The lowest BCUT2D eigenvalue weighted by Crippen LogP contribution is -2.48. The van der Waals surface area contributed by atoms with Crippen molar-refractivity contribution in [3.05, 3.63) is 11.3 Å². The van der Waals surface area contributed by atoms with Gasteiger partial charge in [0, 0.05) is 12.2 Å². The summed E-state index contributed by atoms with van der Waals surface area (Å²) >= 11 is 0. The smallest absolute Gasteiger partial charge is 0.444 e. The highest BCUT2D eigenvalue weighted by Crippen LogP contribution is 2.38. The van der Waals surface area contributed by atoms with Crippen LogP contribution in [0.2, 0.25) is 0 Å². The number of amides is 1. The number of rotatable bonds is 2. The third kappa shape index (κ3) is 4.30. The number of aromatic nitrogens is 2. The Morgan fingerprint density at radius 3 is 2.38 bits per heavy atom. The van der Waals surface area contributed by atoms with Crippen molar-refractivity contribution in [3.63, 3.8) is 0 Å². The molecule has 1 aromatic rings. The van der Waals surface area contributed by atoms with Crippen molar-refractivity contribution in [3.8, 4) is 0 Å². The number of nitrogens with zero attached hydrogens (tertiary/aromatic N) is 3. The molecule has 0 spiro atoms. The predicted molar refractivity (Wildman–Crippen MR) is 121 cm³/mol. The molecule has 2 saturated heterocycles. The van der Waals surface area contributed by atoms with Crippen LogP contribution >= 0.6 is 0 Å². The number of carbonyl (C=O) groups is 1. The van der Waals surface area contributed by atoms with Crippen molar-refractivity contribution in [2.75, 3.05) is 13.1 Å². The van der Waals surface area contributed by atoms with Gasteiger partial charge in [0.25, 0.3) is 0 Å². The molecule has 0 unspecified atom stereocenters. The number of alkyl halides is 1. The number of halogens is 1. The van der Waals surface area contributed by atoms with Crippen LogP contribution in [0.15, 0.2) is 0 Å². The van der Waals surface area contributed by atoms with E-state index in [4.69, 9.17) is 19.1 Å². The first kappa shape index (κ1) is 23.5. The van der Waals surface area contributed by atoms with Crippen LogP contribution in [0.1, 0.15) is 85.0 Å². The molecule has 32 heavy (non-hydrogen) atoms. The van der Waals surface area contributed by atoms with Gasteiger partial charge in [0.05, 0.1) is 29.4 Å². The number of hydrogen-bond donors (Lipinski definition) is 0. The van der Waals surface area contributed by atoms with Gasteiger partial charge in [-0.1, -0.05) is 0 Å². The minimum Gasteiger partial charge on any atom is -0.444 e. The summed E-state index contributed by atoms with van der Waals surface area (Å²) in [4.78, 5) is 13.9. The Balaban J connectivity index is 1.57. The minimum atomic E-state index is -1.21. The first-order chi connectivity index (χ1) is 14.8. The quantitative estimate of drug-likeness (QED) is 0.646. The zero-order chi connectivity index (χ0) is 23.5. The Labute approximate surface area is 191 Å². The molecule has 1 amide bonds. The summed E-state index contributed by atoms with van der Waals surface area (Å²) in [7, 11) is -0.548. The standard InChI is InChI=1S/C23H37BFN3O4/c1-21(2,3)30-20(29)27-13-12-18(16(25)14-27)28-17-11-9-8-10-15(17)19(26-28)24-31-22(4,5)23(6,7)32-24/h16,18H,8-14H2,1-7H3/t16-,18+/m0/s1. The average molecular weight is 449 g/mol. The lowest BCUT2D eigenvalue weighted by molar-refractivity contribution is 0.00553. The highest BCUT2D eigenvalue weighted by molar-refractivity contribution is 6.61. The fourth-order valence-corrected chi connectivity index (χ4v) is 4.73. The number of fused-ring (bicyclic) bond motifs is 1. The number of likely N-dealkylation sites (tertiary alicyclic amines) is 1. The van der Waals surface area contributed by atoms with E-state index in [1.165, 1.54) is 4.90 Å². The molecule has 0 bridgehead atoms. The number of hydrogen-bond acceptors (Lipinski definition) is 5. The van der Waals surface area contributed by atoms with Crippen molar-refractivity contribution in [2.45, 2.75) is 110 Å². The minimum absolute atomic E-state index is 0.0139.